The minimum atomic E-state index is -0.990. The van der Waals surface area contributed by atoms with Crippen LogP contribution >= 0.6 is 0 Å². The summed E-state index contributed by atoms with van der Waals surface area (Å²) in [6.45, 7) is 3.48. The molecule has 19 heavy (non-hydrogen) atoms. The zero-order valence-corrected chi connectivity index (χ0v) is 10.9. The Balaban J connectivity index is 2.28. The molecule has 1 fully saturated rings. The number of hydrogen-bond donors (Lipinski definition) is 1. The topological polar surface area (TPSA) is 57.6 Å². The van der Waals surface area contributed by atoms with E-state index in [1.807, 2.05) is 17.9 Å². The van der Waals surface area contributed by atoms with Crippen LogP contribution in [0.2, 0.25) is 0 Å². The van der Waals surface area contributed by atoms with Crippen molar-refractivity contribution >= 4 is 18.0 Å². The summed E-state index contributed by atoms with van der Waals surface area (Å²) in [7, 11) is 0. The zero-order chi connectivity index (χ0) is 13.8. The van der Waals surface area contributed by atoms with E-state index in [0.717, 1.165) is 43.1 Å². The van der Waals surface area contributed by atoms with E-state index in [4.69, 9.17) is 5.11 Å². The third-order valence-electron chi connectivity index (χ3n) is 3.40. The molecule has 1 aromatic rings. The largest absolute Gasteiger partial charge is 0.478 e. The lowest BCUT2D eigenvalue weighted by Gasteiger charge is -2.17. The molecule has 0 spiro atoms. The van der Waals surface area contributed by atoms with Crippen molar-refractivity contribution < 1.29 is 14.7 Å². The molecule has 1 saturated heterocycles. The highest BCUT2D eigenvalue weighted by Crippen LogP contribution is 2.19. The van der Waals surface area contributed by atoms with E-state index >= 15 is 0 Å². The van der Waals surface area contributed by atoms with Gasteiger partial charge in [-0.1, -0.05) is 12.1 Å². The molecule has 1 amide bonds. The van der Waals surface area contributed by atoms with E-state index in [-0.39, 0.29) is 5.91 Å². The minimum absolute atomic E-state index is 0.0422. The maximum atomic E-state index is 12.3. The van der Waals surface area contributed by atoms with Gasteiger partial charge in [0.05, 0.1) is 0 Å². The molecule has 1 N–H and O–H groups in total. The molecular weight excluding hydrogens is 242 g/mol. The van der Waals surface area contributed by atoms with Crippen molar-refractivity contribution in [3.05, 3.63) is 41.0 Å². The minimum Gasteiger partial charge on any atom is -0.478 e. The van der Waals surface area contributed by atoms with Gasteiger partial charge in [-0.05, 0) is 43.0 Å². The van der Waals surface area contributed by atoms with E-state index in [1.54, 1.807) is 12.1 Å². The van der Waals surface area contributed by atoms with Crippen LogP contribution in [0.25, 0.3) is 6.08 Å². The summed E-state index contributed by atoms with van der Waals surface area (Å²) >= 11 is 0. The number of carbonyl (C=O) groups is 2. The van der Waals surface area contributed by atoms with Crippen molar-refractivity contribution in [2.45, 2.75) is 19.8 Å². The first-order valence-electron chi connectivity index (χ1n) is 6.39. The Morgan fingerprint density at radius 2 is 1.95 bits per heavy atom. The predicted molar refractivity (Wildman–Crippen MR) is 73.0 cm³/mol. The van der Waals surface area contributed by atoms with Gasteiger partial charge in [0.25, 0.3) is 5.91 Å². The maximum Gasteiger partial charge on any atom is 0.328 e. The molecule has 0 aromatic heterocycles. The molecule has 0 bridgehead atoms. The fourth-order valence-electron chi connectivity index (χ4n) is 2.32. The number of nitrogens with zero attached hydrogens (tertiary/aromatic N) is 1. The van der Waals surface area contributed by atoms with Gasteiger partial charge in [0.2, 0.25) is 0 Å². The van der Waals surface area contributed by atoms with E-state index in [9.17, 15) is 9.59 Å². The summed E-state index contributed by atoms with van der Waals surface area (Å²) in [5.41, 5.74) is 2.26. The number of likely N-dealkylation sites (tertiary alicyclic amines) is 1. The second kappa shape index (κ2) is 5.69. The number of benzene rings is 1. The van der Waals surface area contributed by atoms with Crippen LogP contribution in [0.15, 0.2) is 24.3 Å². The molecule has 100 valence electrons. The summed E-state index contributed by atoms with van der Waals surface area (Å²) < 4.78 is 0. The highest BCUT2D eigenvalue weighted by atomic mass is 16.4. The summed E-state index contributed by atoms with van der Waals surface area (Å²) in [4.78, 5) is 24.7. The fourth-order valence-corrected chi connectivity index (χ4v) is 2.32. The third-order valence-corrected chi connectivity index (χ3v) is 3.40. The second-order valence-corrected chi connectivity index (χ2v) is 4.69. The molecule has 0 radical (unpaired) electrons. The molecule has 2 rings (SSSR count). The third kappa shape index (κ3) is 3.02. The van der Waals surface area contributed by atoms with Crippen molar-refractivity contribution in [2.75, 3.05) is 13.1 Å². The van der Waals surface area contributed by atoms with Crippen molar-refractivity contribution in [2.24, 2.45) is 0 Å². The van der Waals surface area contributed by atoms with Gasteiger partial charge in [0, 0.05) is 24.7 Å². The maximum absolute atomic E-state index is 12.3. The number of aliphatic carboxylic acids is 1. The van der Waals surface area contributed by atoms with Crippen LogP contribution in [0, 0.1) is 6.92 Å². The predicted octanol–water partition coefficient (Wildman–Crippen LogP) is 2.33. The van der Waals surface area contributed by atoms with E-state index < -0.39 is 5.97 Å². The monoisotopic (exact) mass is 259 g/mol. The van der Waals surface area contributed by atoms with E-state index in [1.165, 1.54) is 6.08 Å². The molecule has 0 atom stereocenters. The van der Waals surface area contributed by atoms with Crippen molar-refractivity contribution in [3.8, 4) is 0 Å². The summed E-state index contributed by atoms with van der Waals surface area (Å²) in [5, 5.41) is 8.65. The number of carbonyl (C=O) groups excluding carboxylic acids is 1. The van der Waals surface area contributed by atoms with Crippen molar-refractivity contribution in [3.63, 3.8) is 0 Å². The molecule has 0 unspecified atom stereocenters. The lowest BCUT2D eigenvalue weighted by atomic mass is 10.0. The lowest BCUT2D eigenvalue weighted by molar-refractivity contribution is -0.131. The van der Waals surface area contributed by atoms with Gasteiger partial charge in [0.15, 0.2) is 0 Å². The average Bonchev–Trinajstić information content (AvgIpc) is 2.90. The van der Waals surface area contributed by atoms with Crippen LogP contribution in [-0.2, 0) is 4.79 Å². The van der Waals surface area contributed by atoms with Crippen molar-refractivity contribution in [1.82, 2.24) is 4.90 Å². The Morgan fingerprint density at radius 1 is 1.26 bits per heavy atom. The fraction of sp³-hybridized carbons (Fsp3) is 0.333. The Labute approximate surface area is 112 Å². The van der Waals surface area contributed by atoms with Gasteiger partial charge in [-0.15, -0.1) is 0 Å². The molecule has 1 aromatic carbocycles. The zero-order valence-electron chi connectivity index (χ0n) is 10.9. The van der Waals surface area contributed by atoms with Crippen LogP contribution in [-0.4, -0.2) is 35.0 Å². The van der Waals surface area contributed by atoms with Crippen molar-refractivity contribution in [1.29, 1.82) is 0 Å². The van der Waals surface area contributed by atoms with Crippen LogP contribution in [0.1, 0.15) is 34.3 Å². The molecule has 4 nitrogen and oxygen atoms in total. The average molecular weight is 259 g/mol. The summed E-state index contributed by atoms with van der Waals surface area (Å²) in [5.74, 6) is -0.948. The van der Waals surface area contributed by atoms with Gasteiger partial charge in [-0.25, -0.2) is 4.79 Å². The normalized spacial score (nSPS) is 15.1. The first-order chi connectivity index (χ1) is 9.09. The Morgan fingerprint density at radius 3 is 2.58 bits per heavy atom. The first kappa shape index (κ1) is 13.3. The van der Waals surface area contributed by atoms with Crippen LogP contribution in [0.5, 0.6) is 0 Å². The summed E-state index contributed by atoms with van der Waals surface area (Å²) in [6.07, 6.45) is 4.73. The van der Waals surface area contributed by atoms with Gasteiger partial charge < -0.3 is 10.0 Å². The van der Waals surface area contributed by atoms with E-state index in [2.05, 4.69) is 0 Å². The number of rotatable bonds is 3. The number of carboxylic acid groups (broad SMARTS) is 1. The van der Waals surface area contributed by atoms with Gasteiger partial charge in [0.1, 0.15) is 0 Å². The quantitative estimate of drug-likeness (QED) is 0.847. The standard InChI is InChI=1S/C15H17NO3/c1-11-12(7-8-14(17)18)5-4-6-13(11)15(19)16-9-2-3-10-16/h4-8H,2-3,9-10H2,1H3,(H,17,18). The number of hydrogen-bond acceptors (Lipinski definition) is 2. The molecular formula is C15H17NO3. The van der Waals surface area contributed by atoms with Crippen LogP contribution in [0.3, 0.4) is 0 Å². The number of carboxylic acids is 1. The van der Waals surface area contributed by atoms with Crippen LogP contribution < -0.4 is 0 Å². The first-order valence-corrected chi connectivity index (χ1v) is 6.39. The summed E-state index contributed by atoms with van der Waals surface area (Å²) in [6, 6.07) is 5.40. The van der Waals surface area contributed by atoms with Gasteiger partial charge in [-0.3, -0.25) is 4.79 Å². The highest BCUT2D eigenvalue weighted by Gasteiger charge is 2.21. The van der Waals surface area contributed by atoms with E-state index in [0.29, 0.717) is 5.56 Å². The molecule has 1 aliphatic rings. The molecule has 0 aliphatic carbocycles. The lowest BCUT2D eigenvalue weighted by Crippen LogP contribution is -2.28. The molecule has 4 heteroatoms. The Hall–Kier alpha value is -2.10. The number of amides is 1. The van der Waals surface area contributed by atoms with Crippen LogP contribution in [0.4, 0.5) is 0 Å². The molecule has 1 heterocycles. The Bertz CT molecular complexity index is 528. The second-order valence-electron chi connectivity index (χ2n) is 4.69. The Kier molecular flexibility index (Phi) is 4.00. The SMILES string of the molecule is Cc1c(C=CC(=O)O)cccc1C(=O)N1CCCC1. The molecule has 1 aliphatic heterocycles. The highest BCUT2D eigenvalue weighted by molar-refractivity contribution is 5.97. The smallest absolute Gasteiger partial charge is 0.328 e. The van der Waals surface area contributed by atoms with Gasteiger partial charge in [-0.2, -0.15) is 0 Å². The van der Waals surface area contributed by atoms with Gasteiger partial charge >= 0.3 is 5.97 Å². The molecule has 0 saturated carbocycles.